The van der Waals surface area contributed by atoms with Crippen LogP contribution in [0.2, 0.25) is 0 Å². The molecule has 0 radical (unpaired) electrons. The van der Waals surface area contributed by atoms with E-state index in [9.17, 15) is 9.59 Å². The van der Waals surface area contributed by atoms with Gasteiger partial charge in [0.25, 0.3) is 0 Å². The number of esters is 2. The van der Waals surface area contributed by atoms with Gasteiger partial charge in [-0.3, -0.25) is 0 Å². The summed E-state index contributed by atoms with van der Waals surface area (Å²) in [4.78, 5) is 29.9. The monoisotopic (exact) mass is 591 g/mol. The highest BCUT2D eigenvalue weighted by atomic mass is 32.1. The topological polar surface area (TPSA) is 111 Å². The van der Waals surface area contributed by atoms with Gasteiger partial charge in [0, 0.05) is 35.9 Å². The summed E-state index contributed by atoms with van der Waals surface area (Å²) >= 11 is 5.87. The minimum Gasteiger partial charge on any atom is -0.497 e. The summed E-state index contributed by atoms with van der Waals surface area (Å²) in [6.07, 6.45) is 2.65. The Morgan fingerprint density at radius 3 is 2.14 bits per heavy atom. The fourth-order valence-corrected chi connectivity index (χ4v) is 4.85. The molecular formula is C31H33N3O7S. The number of rotatable bonds is 11. The highest BCUT2D eigenvalue weighted by Crippen LogP contribution is 2.29. The lowest BCUT2D eigenvalue weighted by Gasteiger charge is -2.27. The number of methoxy groups -OCH3 is 5. The van der Waals surface area contributed by atoms with Crippen LogP contribution in [0, 0.1) is 0 Å². The van der Waals surface area contributed by atoms with E-state index in [1.807, 2.05) is 47.5 Å². The van der Waals surface area contributed by atoms with E-state index >= 15 is 0 Å². The molecule has 0 atom stereocenters. The number of aromatic amines is 1. The first-order valence-electron chi connectivity index (χ1n) is 13.0. The number of fused-ring (bicyclic) bond motifs is 1. The Morgan fingerprint density at radius 2 is 1.52 bits per heavy atom. The van der Waals surface area contributed by atoms with Crippen molar-refractivity contribution in [1.82, 2.24) is 9.88 Å². The number of hydrogen-bond donors (Lipinski definition) is 2. The van der Waals surface area contributed by atoms with Crippen molar-refractivity contribution >= 4 is 45.9 Å². The summed E-state index contributed by atoms with van der Waals surface area (Å²) in [5.74, 6) is 0.815. The Kier molecular flexibility index (Phi) is 9.87. The molecule has 2 N–H and O–H groups in total. The van der Waals surface area contributed by atoms with Gasteiger partial charge in [0.2, 0.25) is 0 Å². The van der Waals surface area contributed by atoms with Gasteiger partial charge in [-0.1, -0.05) is 6.07 Å². The van der Waals surface area contributed by atoms with Crippen molar-refractivity contribution in [1.29, 1.82) is 0 Å². The van der Waals surface area contributed by atoms with Crippen LogP contribution in [-0.4, -0.2) is 69.0 Å². The van der Waals surface area contributed by atoms with E-state index in [1.54, 1.807) is 33.5 Å². The summed E-state index contributed by atoms with van der Waals surface area (Å²) in [6, 6.07) is 16.2. The Bertz CT molecular complexity index is 1570. The molecule has 0 spiro atoms. The van der Waals surface area contributed by atoms with Gasteiger partial charge >= 0.3 is 11.9 Å². The number of thiocarbonyl (C=S) groups is 1. The van der Waals surface area contributed by atoms with Crippen LogP contribution in [0.5, 0.6) is 17.2 Å². The second-order valence-corrected chi connectivity index (χ2v) is 9.69. The van der Waals surface area contributed by atoms with Gasteiger partial charge in [0.05, 0.1) is 46.7 Å². The van der Waals surface area contributed by atoms with Gasteiger partial charge in [0.1, 0.15) is 5.75 Å². The normalized spacial score (nSPS) is 10.6. The van der Waals surface area contributed by atoms with Crippen molar-refractivity contribution < 1.29 is 33.3 Å². The van der Waals surface area contributed by atoms with E-state index in [0.717, 1.165) is 27.8 Å². The molecule has 0 saturated heterocycles. The third-order valence-corrected chi connectivity index (χ3v) is 7.12. The first-order chi connectivity index (χ1) is 20.3. The van der Waals surface area contributed by atoms with Gasteiger partial charge in [-0.25, -0.2) is 9.59 Å². The molecule has 0 amide bonds. The average molecular weight is 592 g/mol. The number of carbonyl (C=O) groups excluding carboxylic acids is 2. The SMILES string of the molecule is COC(=O)c1cc(NC(=S)N(CCc2c[nH]c3ccc(OC)cc23)Cc2ccc(OC)c(OC)c2)cc(C(=O)OC)c1. The molecule has 42 heavy (non-hydrogen) atoms. The molecule has 0 aliphatic heterocycles. The minimum atomic E-state index is -0.591. The molecule has 10 nitrogen and oxygen atoms in total. The zero-order chi connectivity index (χ0) is 30.2. The van der Waals surface area contributed by atoms with Crippen LogP contribution in [0.3, 0.4) is 0 Å². The lowest BCUT2D eigenvalue weighted by molar-refractivity contribution is 0.0599. The molecule has 3 aromatic carbocycles. The number of nitrogens with one attached hydrogen (secondary N) is 2. The maximum atomic E-state index is 12.3. The molecule has 0 aliphatic carbocycles. The third-order valence-electron chi connectivity index (χ3n) is 6.76. The zero-order valence-corrected chi connectivity index (χ0v) is 24.9. The fourth-order valence-electron chi connectivity index (χ4n) is 4.57. The van der Waals surface area contributed by atoms with Crippen LogP contribution in [0.1, 0.15) is 31.8 Å². The van der Waals surface area contributed by atoms with Gasteiger partial charge in [-0.2, -0.15) is 0 Å². The fraction of sp³-hybridized carbons (Fsp3) is 0.258. The van der Waals surface area contributed by atoms with Crippen LogP contribution in [0.15, 0.2) is 60.8 Å². The number of anilines is 1. The van der Waals surface area contributed by atoms with Crippen molar-refractivity contribution in [2.75, 3.05) is 47.4 Å². The van der Waals surface area contributed by atoms with Gasteiger partial charge in [0.15, 0.2) is 16.6 Å². The van der Waals surface area contributed by atoms with E-state index in [2.05, 4.69) is 10.3 Å². The molecule has 4 aromatic rings. The van der Waals surface area contributed by atoms with Crippen LogP contribution >= 0.6 is 12.2 Å². The van der Waals surface area contributed by atoms with E-state index < -0.39 is 11.9 Å². The van der Waals surface area contributed by atoms with Crippen molar-refractivity contribution in [3.63, 3.8) is 0 Å². The van der Waals surface area contributed by atoms with Crippen molar-refractivity contribution in [2.24, 2.45) is 0 Å². The van der Waals surface area contributed by atoms with E-state index in [1.165, 1.54) is 20.3 Å². The van der Waals surface area contributed by atoms with E-state index in [4.69, 9.17) is 35.9 Å². The average Bonchev–Trinajstić information content (AvgIpc) is 3.43. The highest BCUT2D eigenvalue weighted by Gasteiger charge is 2.18. The second kappa shape index (κ2) is 13.7. The number of benzene rings is 3. The van der Waals surface area contributed by atoms with Gasteiger partial charge in [-0.15, -0.1) is 0 Å². The Balaban J connectivity index is 1.65. The number of aromatic nitrogens is 1. The van der Waals surface area contributed by atoms with Crippen LogP contribution in [0.25, 0.3) is 10.9 Å². The van der Waals surface area contributed by atoms with Crippen molar-refractivity contribution in [2.45, 2.75) is 13.0 Å². The lowest BCUT2D eigenvalue weighted by atomic mass is 10.1. The van der Waals surface area contributed by atoms with E-state index in [0.29, 0.717) is 41.8 Å². The first-order valence-corrected chi connectivity index (χ1v) is 13.4. The van der Waals surface area contributed by atoms with Gasteiger partial charge < -0.3 is 38.9 Å². The Morgan fingerprint density at radius 1 is 0.833 bits per heavy atom. The van der Waals surface area contributed by atoms with Crippen molar-refractivity contribution in [3.05, 3.63) is 83.0 Å². The maximum absolute atomic E-state index is 12.3. The number of carbonyl (C=O) groups is 2. The molecule has 1 heterocycles. The second-order valence-electron chi connectivity index (χ2n) is 9.30. The van der Waals surface area contributed by atoms with Gasteiger partial charge in [-0.05, 0) is 78.3 Å². The third kappa shape index (κ3) is 6.92. The zero-order valence-electron chi connectivity index (χ0n) is 24.1. The maximum Gasteiger partial charge on any atom is 0.337 e. The van der Waals surface area contributed by atoms with Crippen LogP contribution in [-0.2, 0) is 22.4 Å². The Labute approximate surface area is 249 Å². The molecule has 0 aliphatic rings. The molecule has 220 valence electrons. The molecule has 0 fully saturated rings. The molecule has 1 aromatic heterocycles. The summed E-state index contributed by atoms with van der Waals surface area (Å²) < 4.78 is 26.0. The summed E-state index contributed by atoms with van der Waals surface area (Å²) in [5, 5.41) is 4.65. The molecule has 0 bridgehead atoms. The molecule has 0 saturated carbocycles. The predicted octanol–water partition coefficient (Wildman–Crippen LogP) is 5.21. The highest BCUT2D eigenvalue weighted by molar-refractivity contribution is 7.80. The molecule has 4 rings (SSSR count). The molecule has 11 heteroatoms. The van der Waals surface area contributed by atoms with Crippen molar-refractivity contribution in [3.8, 4) is 17.2 Å². The number of H-pyrrole nitrogens is 1. The Hall–Kier alpha value is -4.77. The minimum absolute atomic E-state index is 0.185. The predicted molar refractivity (Wildman–Crippen MR) is 164 cm³/mol. The van der Waals surface area contributed by atoms with Crippen LogP contribution in [0.4, 0.5) is 5.69 Å². The lowest BCUT2D eigenvalue weighted by Crippen LogP contribution is -2.36. The quantitative estimate of drug-likeness (QED) is 0.178. The van der Waals surface area contributed by atoms with Crippen LogP contribution < -0.4 is 19.5 Å². The molecular weight excluding hydrogens is 558 g/mol. The summed E-state index contributed by atoms with van der Waals surface area (Å²) in [5.41, 5.74) is 3.86. The first kappa shape index (κ1) is 30.2. The summed E-state index contributed by atoms with van der Waals surface area (Å²) in [7, 11) is 7.36. The summed E-state index contributed by atoms with van der Waals surface area (Å²) in [6.45, 7) is 0.989. The number of nitrogens with zero attached hydrogens (tertiary/aromatic N) is 1. The molecule has 0 unspecified atom stereocenters. The number of ether oxygens (including phenoxy) is 5. The largest absolute Gasteiger partial charge is 0.497 e. The standard InChI is InChI=1S/C31H33N3O7S/c1-37-24-7-8-26-25(16-24)20(17-32-26)10-11-34(18-19-6-9-27(38-2)28(12-19)39-3)31(42)33-23-14-21(29(35)40-4)13-22(15-23)30(36)41-5/h6-9,12-17,32H,10-11,18H2,1-5H3,(H,33,42). The number of hydrogen-bond acceptors (Lipinski definition) is 8. The van der Waals surface area contributed by atoms with E-state index in [-0.39, 0.29) is 11.1 Å². The smallest absolute Gasteiger partial charge is 0.337 e.